The molecule has 2 unspecified atom stereocenters. The van der Waals surface area contributed by atoms with Crippen LogP contribution in [0.5, 0.6) is 11.5 Å². The summed E-state index contributed by atoms with van der Waals surface area (Å²) in [6, 6.07) is 30.8. The number of anilines is 4. The van der Waals surface area contributed by atoms with Crippen molar-refractivity contribution >= 4 is 44.5 Å². The van der Waals surface area contributed by atoms with Crippen molar-refractivity contribution < 1.29 is 15.0 Å². The van der Waals surface area contributed by atoms with Gasteiger partial charge in [-0.15, -0.1) is 0 Å². The highest BCUT2D eigenvalue weighted by molar-refractivity contribution is 9.10. The SMILES string of the molecule is CCC(C)n1nc(C)n(-c2ccc(N3CCN(c4cc(C)c(O)c(C)c4)CC3)cc2)c1=O.Cc1cc(N2CCN(c3ccc(-n4c(C)nn(C(C)C(=O)c5ccc(Br)cc5)c4=O)cc3)CC2)cc(C)c1O. The van der Waals surface area contributed by atoms with Crippen molar-refractivity contribution in [2.24, 2.45) is 0 Å². The minimum Gasteiger partial charge on any atom is -0.507 e. The number of carbonyl (C=O) groups is 1. The first-order valence-electron chi connectivity index (χ1n) is 24.4. The molecule has 2 aliphatic rings. The van der Waals surface area contributed by atoms with Gasteiger partial charge in [-0.2, -0.15) is 10.2 Å². The number of halogens is 1. The van der Waals surface area contributed by atoms with Crippen LogP contribution in [0.25, 0.3) is 11.4 Å². The molecule has 0 radical (unpaired) electrons. The van der Waals surface area contributed by atoms with Gasteiger partial charge in [0, 0.05) is 85.1 Å². The standard InChI is InChI=1S/C30H32BrN5O3.C25H33N5O2/c1-19-17-27(18-20(2)28(19)37)34-15-13-33(14-16-34)25-9-11-26(12-10-25)35-22(4)32-36(30(35)39)21(3)29(38)23-5-7-24(31)8-6-23;1-6-19(4)30-25(32)29(20(5)26-30)22-9-7-21(8-10-22)27-11-13-28(14-12-27)23-15-17(2)24(31)18(3)16-23/h5-12,17-18,21,37H,13-16H2,1-4H3;7-10,15-16,19,31H,6,11-14H2,1-5H3. The first kappa shape index (κ1) is 50.3. The van der Waals surface area contributed by atoms with E-state index in [4.69, 9.17) is 0 Å². The Morgan fingerprint density at radius 3 is 1.21 bits per heavy atom. The van der Waals surface area contributed by atoms with Crippen molar-refractivity contribution in [1.29, 1.82) is 0 Å². The molecule has 0 aliphatic carbocycles. The molecule has 2 fully saturated rings. The highest BCUT2D eigenvalue weighted by Gasteiger charge is 2.25. The monoisotopic (exact) mass is 1020 g/mol. The second-order valence-electron chi connectivity index (χ2n) is 18.9. The lowest BCUT2D eigenvalue weighted by molar-refractivity contribution is 0.0925. The summed E-state index contributed by atoms with van der Waals surface area (Å²) in [6.45, 7) is 24.4. The number of phenols is 2. The van der Waals surface area contributed by atoms with E-state index >= 15 is 0 Å². The third kappa shape index (κ3) is 10.5. The van der Waals surface area contributed by atoms with Gasteiger partial charge in [-0.3, -0.25) is 4.79 Å². The number of hydrogen-bond donors (Lipinski definition) is 2. The molecule has 2 aromatic heterocycles. The number of carbonyl (C=O) groups excluding carboxylic acids is 1. The Bertz CT molecular complexity index is 3090. The van der Waals surface area contributed by atoms with Crippen molar-refractivity contribution in [3.8, 4) is 22.9 Å². The minimum atomic E-state index is -0.727. The lowest BCUT2D eigenvalue weighted by Gasteiger charge is -2.37. The van der Waals surface area contributed by atoms with Gasteiger partial charge in [-0.05, 0) is 169 Å². The first-order valence-corrected chi connectivity index (χ1v) is 25.2. The van der Waals surface area contributed by atoms with Crippen LogP contribution in [0.1, 0.15) is 83.5 Å². The Morgan fingerprint density at radius 2 is 0.845 bits per heavy atom. The van der Waals surface area contributed by atoms with Crippen LogP contribution >= 0.6 is 15.9 Å². The molecule has 372 valence electrons. The number of aromatic hydroxyl groups is 2. The Kier molecular flexibility index (Phi) is 15.0. The van der Waals surface area contributed by atoms with E-state index in [0.29, 0.717) is 34.4 Å². The molecule has 2 saturated heterocycles. The molecule has 0 bridgehead atoms. The van der Waals surface area contributed by atoms with Crippen molar-refractivity contribution in [3.63, 3.8) is 0 Å². The lowest BCUT2D eigenvalue weighted by atomic mass is 10.1. The number of phenolic OH excluding ortho intramolecular Hbond substituents is 2. The summed E-state index contributed by atoms with van der Waals surface area (Å²) in [6.07, 6.45) is 0.866. The number of hydrogen-bond acceptors (Lipinski definition) is 11. The number of nitrogens with zero attached hydrogens (tertiary/aromatic N) is 10. The normalized spacial score (nSPS) is 14.8. The molecule has 5 aromatic carbocycles. The average Bonchev–Trinajstić information content (AvgIpc) is 3.85. The van der Waals surface area contributed by atoms with E-state index < -0.39 is 6.04 Å². The van der Waals surface area contributed by atoms with E-state index in [2.05, 4.69) is 76.9 Å². The zero-order chi connectivity index (χ0) is 50.8. The van der Waals surface area contributed by atoms with Crippen LogP contribution in [0.4, 0.5) is 22.7 Å². The molecule has 0 amide bonds. The van der Waals surface area contributed by atoms with Crippen LogP contribution in [0.3, 0.4) is 0 Å². The molecule has 4 heterocycles. The van der Waals surface area contributed by atoms with Crippen molar-refractivity contribution in [3.05, 3.63) is 162 Å². The number of rotatable bonds is 11. The third-order valence-electron chi connectivity index (χ3n) is 14.0. The summed E-state index contributed by atoms with van der Waals surface area (Å²) in [5.41, 5.74) is 9.84. The zero-order valence-corrected chi connectivity index (χ0v) is 43.8. The van der Waals surface area contributed by atoms with Gasteiger partial charge in [-0.25, -0.2) is 28.1 Å². The second kappa shape index (κ2) is 21.1. The fourth-order valence-corrected chi connectivity index (χ4v) is 9.81. The highest BCUT2D eigenvalue weighted by Crippen LogP contribution is 2.31. The van der Waals surface area contributed by atoms with Gasteiger partial charge in [0.25, 0.3) is 0 Å². The molecule has 16 heteroatoms. The van der Waals surface area contributed by atoms with Gasteiger partial charge in [0.15, 0.2) is 5.78 Å². The zero-order valence-electron chi connectivity index (χ0n) is 42.2. The largest absolute Gasteiger partial charge is 0.507 e. The van der Waals surface area contributed by atoms with E-state index in [0.717, 1.165) is 108 Å². The number of aromatic nitrogens is 6. The molecule has 9 rings (SSSR count). The Labute approximate surface area is 423 Å². The number of Topliss-reactive ketones (excluding diaryl/α,β-unsaturated/α-hetero) is 1. The van der Waals surface area contributed by atoms with Gasteiger partial charge in [0.05, 0.1) is 17.4 Å². The molecule has 71 heavy (non-hydrogen) atoms. The maximum atomic E-state index is 13.3. The molecule has 0 spiro atoms. The Hall–Kier alpha value is -7.07. The van der Waals surface area contributed by atoms with Gasteiger partial charge < -0.3 is 29.8 Å². The van der Waals surface area contributed by atoms with Crippen LogP contribution < -0.4 is 31.0 Å². The molecule has 2 N–H and O–H groups in total. The molecular weight excluding hydrogens is 961 g/mol. The molecular formula is C55H65BrN10O5. The Morgan fingerprint density at radius 1 is 0.521 bits per heavy atom. The molecule has 2 atom stereocenters. The Balaban J connectivity index is 0.000000194. The van der Waals surface area contributed by atoms with E-state index in [1.54, 1.807) is 39.8 Å². The van der Waals surface area contributed by atoms with Gasteiger partial charge in [0.2, 0.25) is 0 Å². The topological polar surface area (TPSA) is 150 Å². The summed E-state index contributed by atoms with van der Waals surface area (Å²) in [5, 5.41) is 29.0. The number of piperazine rings is 2. The van der Waals surface area contributed by atoms with Crippen molar-refractivity contribution in [1.82, 2.24) is 28.7 Å². The van der Waals surface area contributed by atoms with Crippen LogP contribution in [0.2, 0.25) is 0 Å². The second-order valence-corrected chi connectivity index (χ2v) is 19.8. The molecule has 0 saturated carbocycles. The fraction of sp³-hybridized carbons (Fsp3) is 0.364. The van der Waals surface area contributed by atoms with Crippen molar-refractivity contribution in [2.75, 3.05) is 72.0 Å². The van der Waals surface area contributed by atoms with Crippen LogP contribution in [0, 0.1) is 41.5 Å². The van der Waals surface area contributed by atoms with E-state index in [1.807, 2.05) is 102 Å². The minimum absolute atomic E-state index is 0.0826. The lowest BCUT2D eigenvalue weighted by Crippen LogP contribution is -2.46. The van der Waals surface area contributed by atoms with Gasteiger partial charge in [-0.1, -0.05) is 35.0 Å². The summed E-state index contributed by atoms with van der Waals surface area (Å²) in [7, 11) is 0. The first-order chi connectivity index (χ1) is 33.9. The fourth-order valence-electron chi connectivity index (χ4n) is 9.54. The van der Waals surface area contributed by atoms with Crippen molar-refractivity contribution in [2.45, 2.75) is 80.8 Å². The molecule has 2 aliphatic heterocycles. The molecule has 7 aromatic rings. The average molecular weight is 1030 g/mol. The summed E-state index contributed by atoms with van der Waals surface area (Å²) < 4.78 is 6.96. The summed E-state index contributed by atoms with van der Waals surface area (Å²) in [4.78, 5) is 48.6. The predicted molar refractivity (Wildman–Crippen MR) is 287 cm³/mol. The quantitative estimate of drug-likeness (QED) is 0.120. The summed E-state index contributed by atoms with van der Waals surface area (Å²) in [5.74, 6) is 1.81. The number of benzene rings is 5. The third-order valence-corrected chi connectivity index (χ3v) is 14.5. The predicted octanol–water partition coefficient (Wildman–Crippen LogP) is 9.16. The maximum absolute atomic E-state index is 13.3. The van der Waals surface area contributed by atoms with Crippen LogP contribution in [0.15, 0.2) is 111 Å². The van der Waals surface area contributed by atoms with Crippen LogP contribution in [-0.2, 0) is 0 Å². The van der Waals surface area contributed by atoms with Gasteiger partial charge >= 0.3 is 11.4 Å². The highest BCUT2D eigenvalue weighted by atomic mass is 79.9. The number of aryl methyl sites for hydroxylation is 6. The smallest absolute Gasteiger partial charge is 0.351 e. The summed E-state index contributed by atoms with van der Waals surface area (Å²) >= 11 is 3.38. The van der Waals surface area contributed by atoms with E-state index in [9.17, 15) is 24.6 Å². The molecule has 15 nitrogen and oxygen atoms in total. The maximum Gasteiger partial charge on any atom is 0.351 e. The van der Waals surface area contributed by atoms with Crippen LogP contribution in [-0.4, -0.2) is 97.0 Å². The van der Waals surface area contributed by atoms with E-state index in [-0.39, 0.29) is 23.2 Å². The van der Waals surface area contributed by atoms with Gasteiger partial charge in [0.1, 0.15) is 29.2 Å². The number of ketones is 1. The van der Waals surface area contributed by atoms with E-state index in [1.165, 1.54) is 10.4 Å².